The minimum absolute atomic E-state index is 0.250. The highest BCUT2D eigenvalue weighted by Gasteiger charge is 2.26. The van der Waals surface area contributed by atoms with Crippen LogP contribution in [0.2, 0.25) is 0 Å². The third kappa shape index (κ3) is 3.68. The minimum Gasteiger partial charge on any atom is -0.397 e. The van der Waals surface area contributed by atoms with Crippen molar-refractivity contribution >= 4 is 22.2 Å². The van der Waals surface area contributed by atoms with Gasteiger partial charge in [-0.05, 0) is 32.8 Å². The highest BCUT2D eigenvalue weighted by molar-refractivity contribution is 7.16. The molecule has 0 fully saturated rings. The molecule has 0 saturated carbocycles. The number of nitrogens with zero attached hydrogens (tertiary/aromatic N) is 1. The molecule has 19 heavy (non-hydrogen) atoms. The first-order valence-corrected chi connectivity index (χ1v) is 7.28. The maximum absolute atomic E-state index is 11.3. The van der Waals surface area contributed by atoms with Crippen molar-refractivity contribution in [2.45, 2.75) is 39.8 Å². The number of nitrogen functional groups attached to an aromatic ring is 1. The van der Waals surface area contributed by atoms with Crippen LogP contribution in [0.3, 0.4) is 0 Å². The lowest BCUT2D eigenvalue weighted by molar-refractivity contribution is 0.0999. The molecule has 108 valence electrons. The van der Waals surface area contributed by atoms with Crippen LogP contribution in [0.5, 0.6) is 0 Å². The van der Waals surface area contributed by atoms with Crippen LogP contribution >= 0.6 is 11.3 Å². The van der Waals surface area contributed by atoms with Crippen LogP contribution in [0.25, 0.3) is 0 Å². The molecule has 0 aromatic carbocycles. The van der Waals surface area contributed by atoms with Gasteiger partial charge in [0.05, 0.1) is 10.6 Å². The van der Waals surface area contributed by atoms with E-state index in [-0.39, 0.29) is 6.61 Å². The lowest BCUT2D eigenvalue weighted by Gasteiger charge is -2.30. The number of hydrogen-bond acceptors (Lipinski definition) is 5. The van der Waals surface area contributed by atoms with E-state index in [1.165, 1.54) is 16.2 Å². The van der Waals surface area contributed by atoms with E-state index in [1.807, 2.05) is 0 Å². The SMILES string of the molecule is CC(C)N1CCc2c(sc(N)c2C(N)=O)C1.CCO. The number of hydrogen-bond donors (Lipinski definition) is 3. The molecule has 1 aliphatic rings. The first kappa shape index (κ1) is 15.9. The van der Waals surface area contributed by atoms with Crippen LogP contribution in [0.4, 0.5) is 5.00 Å². The number of carbonyl (C=O) groups excluding carboxylic acids is 1. The molecular weight excluding hydrogens is 262 g/mol. The van der Waals surface area contributed by atoms with Crippen molar-refractivity contribution in [3.05, 3.63) is 16.0 Å². The highest BCUT2D eigenvalue weighted by Crippen LogP contribution is 2.35. The zero-order valence-corrected chi connectivity index (χ0v) is 12.6. The Morgan fingerprint density at radius 3 is 2.58 bits per heavy atom. The molecule has 0 aliphatic carbocycles. The summed E-state index contributed by atoms with van der Waals surface area (Å²) in [6, 6.07) is 0.522. The van der Waals surface area contributed by atoms with E-state index in [2.05, 4.69) is 18.7 Å². The van der Waals surface area contributed by atoms with Gasteiger partial charge in [-0.25, -0.2) is 0 Å². The Morgan fingerprint density at radius 2 is 2.11 bits per heavy atom. The molecule has 0 spiro atoms. The maximum Gasteiger partial charge on any atom is 0.251 e. The molecule has 0 bridgehead atoms. The van der Waals surface area contributed by atoms with Crippen LogP contribution in [-0.2, 0) is 13.0 Å². The predicted molar refractivity (Wildman–Crippen MR) is 79.3 cm³/mol. The van der Waals surface area contributed by atoms with Crippen LogP contribution in [0.1, 0.15) is 41.6 Å². The van der Waals surface area contributed by atoms with Crippen LogP contribution in [0, 0.1) is 0 Å². The largest absolute Gasteiger partial charge is 0.397 e. The number of rotatable bonds is 2. The topological polar surface area (TPSA) is 92.6 Å². The number of amides is 1. The Labute approximate surface area is 118 Å². The van der Waals surface area contributed by atoms with E-state index in [0.717, 1.165) is 25.1 Å². The summed E-state index contributed by atoms with van der Waals surface area (Å²) in [4.78, 5) is 14.9. The van der Waals surface area contributed by atoms with Crippen molar-refractivity contribution in [2.24, 2.45) is 5.73 Å². The van der Waals surface area contributed by atoms with E-state index < -0.39 is 5.91 Å². The van der Waals surface area contributed by atoms with Gasteiger partial charge in [-0.2, -0.15) is 0 Å². The molecule has 5 nitrogen and oxygen atoms in total. The molecule has 2 heterocycles. The average molecular weight is 285 g/mol. The number of fused-ring (bicyclic) bond motifs is 1. The quantitative estimate of drug-likeness (QED) is 0.761. The molecule has 5 N–H and O–H groups in total. The standard InChI is InChI=1S/C11H17N3OS.C2H6O/c1-6(2)14-4-3-7-8(5-14)16-11(13)9(7)10(12)15;1-2-3/h6H,3-5,13H2,1-2H3,(H2,12,15);3H,2H2,1H3. The molecule has 0 saturated heterocycles. The molecule has 6 heteroatoms. The van der Waals surface area contributed by atoms with Gasteiger partial charge in [-0.15, -0.1) is 11.3 Å². The van der Waals surface area contributed by atoms with Gasteiger partial charge in [0.15, 0.2) is 0 Å². The van der Waals surface area contributed by atoms with E-state index in [4.69, 9.17) is 16.6 Å². The number of anilines is 1. The van der Waals surface area contributed by atoms with Gasteiger partial charge in [-0.3, -0.25) is 9.69 Å². The van der Waals surface area contributed by atoms with Crippen LogP contribution in [-0.4, -0.2) is 35.1 Å². The number of aliphatic hydroxyl groups excluding tert-OH is 1. The van der Waals surface area contributed by atoms with Crippen LogP contribution < -0.4 is 11.5 Å². The van der Waals surface area contributed by atoms with Gasteiger partial charge in [-0.1, -0.05) is 0 Å². The summed E-state index contributed by atoms with van der Waals surface area (Å²) >= 11 is 1.50. The van der Waals surface area contributed by atoms with Crippen molar-refractivity contribution in [3.8, 4) is 0 Å². The molecule has 0 radical (unpaired) electrons. The summed E-state index contributed by atoms with van der Waals surface area (Å²) < 4.78 is 0. The summed E-state index contributed by atoms with van der Waals surface area (Å²) in [5.74, 6) is -0.395. The number of primary amides is 1. The van der Waals surface area contributed by atoms with Gasteiger partial charge >= 0.3 is 0 Å². The molecule has 0 atom stereocenters. The summed E-state index contributed by atoms with van der Waals surface area (Å²) in [7, 11) is 0. The monoisotopic (exact) mass is 285 g/mol. The highest BCUT2D eigenvalue weighted by atomic mass is 32.1. The molecule has 2 rings (SSSR count). The Morgan fingerprint density at radius 1 is 1.53 bits per heavy atom. The van der Waals surface area contributed by atoms with Gasteiger partial charge in [0.25, 0.3) is 5.91 Å². The summed E-state index contributed by atoms with van der Waals surface area (Å²) in [5.41, 5.74) is 12.8. The summed E-state index contributed by atoms with van der Waals surface area (Å²) in [6.07, 6.45) is 0.874. The fourth-order valence-electron chi connectivity index (χ4n) is 2.16. The molecule has 0 unspecified atom stereocenters. The van der Waals surface area contributed by atoms with Crippen molar-refractivity contribution in [1.29, 1.82) is 0 Å². The second-order valence-corrected chi connectivity index (χ2v) is 5.87. The van der Waals surface area contributed by atoms with Crippen molar-refractivity contribution in [1.82, 2.24) is 4.90 Å². The second-order valence-electron chi connectivity index (χ2n) is 4.74. The Hall–Kier alpha value is -1.11. The van der Waals surface area contributed by atoms with Crippen molar-refractivity contribution < 1.29 is 9.90 Å². The molecule has 1 amide bonds. The Balaban J connectivity index is 0.000000550. The first-order chi connectivity index (χ1) is 8.92. The number of thiophene rings is 1. The van der Waals surface area contributed by atoms with Gasteiger partial charge < -0.3 is 16.6 Å². The van der Waals surface area contributed by atoms with E-state index in [0.29, 0.717) is 16.6 Å². The van der Waals surface area contributed by atoms with E-state index >= 15 is 0 Å². The Kier molecular flexibility index (Phi) is 5.78. The predicted octanol–water partition coefficient (Wildman–Crippen LogP) is 1.19. The lowest BCUT2D eigenvalue weighted by Crippen LogP contribution is -2.35. The Bertz CT molecular complexity index is 443. The molecule has 1 aromatic heterocycles. The van der Waals surface area contributed by atoms with Gasteiger partial charge in [0, 0.05) is 30.6 Å². The first-order valence-electron chi connectivity index (χ1n) is 6.47. The third-order valence-electron chi connectivity index (χ3n) is 3.09. The third-order valence-corrected chi connectivity index (χ3v) is 4.14. The zero-order valence-electron chi connectivity index (χ0n) is 11.8. The van der Waals surface area contributed by atoms with E-state index in [1.54, 1.807) is 6.92 Å². The zero-order chi connectivity index (χ0) is 14.6. The minimum atomic E-state index is -0.395. The normalized spacial score (nSPS) is 14.8. The lowest BCUT2D eigenvalue weighted by atomic mass is 10.0. The molecule has 1 aliphatic heterocycles. The van der Waals surface area contributed by atoms with Crippen LogP contribution in [0.15, 0.2) is 0 Å². The fourth-order valence-corrected chi connectivity index (χ4v) is 3.30. The smallest absolute Gasteiger partial charge is 0.251 e. The van der Waals surface area contributed by atoms with E-state index in [9.17, 15) is 4.79 Å². The maximum atomic E-state index is 11.3. The molecular formula is C13H23N3O2S. The summed E-state index contributed by atoms with van der Waals surface area (Å²) in [6.45, 7) is 8.14. The summed E-state index contributed by atoms with van der Waals surface area (Å²) in [5, 5.41) is 8.14. The number of carbonyl (C=O) groups is 1. The van der Waals surface area contributed by atoms with Gasteiger partial charge in [0.1, 0.15) is 0 Å². The molecule has 1 aromatic rings. The second kappa shape index (κ2) is 6.88. The average Bonchev–Trinajstić information content (AvgIpc) is 2.64. The number of aliphatic hydroxyl groups is 1. The van der Waals surface area contributed by atoms with Gasteiger partial charge in [0.2, 0.25) is 0 Å². The van der Waals surface area contributed by atoms with Crippen molar-refractivity contribution in [2.75, 3.05) is 18.9 Å². The van der Waals surface area contributed by atoms with Crippen molar-refractivity contribution in [3.63, 3.8) is 0 Å². The number of nitrogens with two attached hydrogens (primary N) is 2. The fraction of sp³-hybridized carbons (Fsp3) is 0.615.